The van der Waals surface area contributed by atoms with Crippen LogP contribution in [-0.2, 0) is 30.4 Å². The van der Waals surface area contributed by atoms with E-state index in [4.69, 9.17) is 5.73 Å². The van der Waals surface area contributed by atoms with Crippen LogP contribution < -0.4 is 11.1 Å². The molecule has 2 amide bonds. The summed E-state index contributed by atoms with van der Waals surface area (Å²) < 4.78 is 65.5. The molecular formula is C29H30F5N3O3. The number of hydrogen-bond acceptors (Lipinski definition) is 4. The zero-order chi connectivity index (χ0) is 29.4. The minimum atomic E-state index is -4.55. The van der Waals surface area contributed by atoms with Crippen LogP contribution >= 0.6 is 0 Å². The number of amides is 2. The van der Waals surface area contributed by atoms with E-state index in [0.717, 1.165) is 60.0 Å². The smallest absolute Gasteiger partial charge is 0.390 e. The van der Waals surface area contributed by atoms with Gasteiger partial charge in [0.1, 0.15) is 11.6 Å². The second-order valence-electron chi connectivity index (χ2n) is 9.42. The summed E-state index contributed by atoms with van der Waals surface area (Å²) in [5.41, 5.74) is 7.14. The van der Waals surface area contributed by atoms with Crippen molar-refractivity contribution in [1.82, 2.24) is 10.2 Å². The van der Waals surface area contributed by atoms with Gasteiger partial charge in [0, 0.05) is 30.8 Å². The van der Waals surface area contributed by atoms with Crippen molar-refractivity contribution in [2.75, 3.05) is 13.1 Å². The van der Waals surface area contributed by atoms with E-state index in [1.165, 1.54) is 4.90 Å². The van der Waals surface area contributed by atoms with Gasteiger partial charge in [0.15, 0.2) is 0 Å². The third kappa shape index (κ3) is 8.85. The number of nitrogens with two attached hydrogens (primary N) is 1. The van der Waals surface area contributed by atoms with Crippen LogP contribution in [0.25, 0.3) is 0 Å². The number of aryl methyl sites for hydroxylation is 1. The van der Waals surface area contributed by atoms with Crippen molar-refractivity contribution in [2.24, 2.45) is 5.73 Å². The highest BCUT2D eigenvalue weighted by Crippen LogP contribution is 2.29. The van der Waals surface area contributed by atoms with Crippen molar-refractivity contribution in [3.8, 4) is 0 Å². The molecule has 0 aromatic heterocycles. The highest BCUT2D eigenvalue weighted by molar-refractivity contribution is 5.96. The third-order valence-corrected chi connectivity index (χ3v) is 6.30. The average molecular weight is 564 g/mol. The van der Waals surface area contributed by atoms with E-state index in [9.17, 15) is 36.6 Å². The van der Waals surface area contributed by atoms with Crippen LogP contribution in [0.5, 0.6) is 0 Å². The van der Waals surface area contributed by atoms with Gasteiger partial charge in [0.25, 0.3) is 5.91 Å². The number of nitrogens with one attached hydrogen (secondary N) is 1. The molecule has 0 fully saturated rings. The summed E-state index contributed by atoms with van der Waals surface area (Å²) in [5.74, 6) is -2.90. The van der Waals surface area contributed by atoms with Crippen LogP contribution in [0, 0.1) is 11.6 Å². The zero-order valence-corrected chi connectivity index (χ0v) is 21.7. The number of aliphatic hydroxyl groups excluding tert-OH is 1. The second-order valence-corrected chi connectivity index (χ2v) is 9.42. The molecule has 40 heavy (non-hydrogen) atoms. The topological polar surface area (TPSA) is 95.7 Å². The number of hydrogen-bond donors (Lipinski definition) is 3. The number of alkyl halides is 3. The Balaban J connectivity index is 1.71. The first-order chi connectivity index (χ1) is 18.8. The molecule has 0 saturated carbocycles. The number of nitrogens with zero attached hydrogens (tertiary/aromatic N) is 1. The van der Waals surface area contributed by atoms with Crippen molar-refractivity contribution >= 4 is 11.8 Å². The summed E-state index contributed by atoms with van der Waals surface area (Å²) in [6.45, 7) is 1.30. The Bertz CT molecular complexity index is 1290. The van der Waals surface area contributed by atoms with Crippen molar-refractivity contribution < 1.29 is 36.6 Å². The van der Waals surface area contributed by atoms with Gasteiger partial charge in [-0.2, -0.15) is 13.2 Å². The molecule has 0 unspecified atom stereocenters. The molecule has 0 radical (unpaired) electrons. The van der Waals surface area contributed by atoms with E-state index in [0.29, 0.717) is 0 Å². The minimum absolute atomic E-state index is 0.0617. The fraction of sp³-hybridized carbons (Fsp3) is 0.310. The molecule has 3 aromatic rings. The molecule has 214 valence electrons. The van der Waals surface area contributed by atoms with E-state index in [1.54, 1.807) is 6.07 Å². The van der Waals surface area contributed by atoms with Crippen LogP contribution in [0.3, 0.4) is 0 Å². The summed E-state index contributed by atoms with van der Waals surface area (Å²) in [6.07, 6.45) is -5.14. The molecule has 3 aromatic carbocycles. The normalized spacial score (nSPS) is 13.0. The molecule has 3 rings (SSSR count). The first-order valence-corrected chi connectivity index (χ1v) is 12.6. The largest absolute Gasteiger partial charge is 0.416 e. The lowest BCUT2D eigenvalue weighted by atomic mass is 10.0. The maximum Gasteiger partial charge on any atom is 0.416 e. The molecule has 11 heteroatoms. The Kier molecular flexibility index (Phi) is 10.4. The van der Waals surface area contributed by atoms with Crippen molar-refractivity contribution in [1.29, 1.82) is 0 Å². The molecule has 2 atom stereocenters. The molecular weight excluding hydrogens is 533 g/mol. The standard InChI is InChI=1S/C29H30F5N3O3/c1-2-18-4-3-5-19(10-18)16-37(17-26(38)25(35)13-20-11-23(30)14-24(31)12-20)27(39)15-36-28(40)21-6-8-22(9-7-21)29(32,33)34/h3-12,14,25-26,38H,2,13,15-17,35H2,1H3,(H,36,40)/t25-,26+/m0/s1. The van der Waals surface area contributed by atoms with Gasteiger partial charge >= 0.3 is 6.18 Å². The number of halogens is 5. The number of benzene rings is 3. The number of aliphatic hydroxyl groups is 1. The predicted molar refractivity (Wildman–Crippen MR) is 139 cm³/mol. The Morgan fingerprint density at radius 2 is 1.57 bits per heavy atom. The van der Waals surface area contributed by atoms with Crippen molar-refractivity contribution in [3.63, 3.8) is 0 Å². The molecule has 0 heterocycles. The lowest BCUT2D eigenvalue weighted by Crippen LogP contribution is -2.48. The lowest BCUT2D eigenvalue weighted by Gasteiger charge is -2.28. The summed E-state index contributed by atoms with van der Waals surface area (Å²) in [7, 11) is 0. The van der Waals surface area contributed by atoms with Crippen LogP contribution in [0.2, 0.25) is 0 Å². The number of carbonyl (C=O) groups is 2. The summed E-state index contributed by atoms with van der Waals surface area (Å²) in [6, 6.07) is 12.9. The van der Waals surface area contributed by atoms with Crippen LogP contribution in [0.15, 0.2) is 66.7 Å². The number of rotatable bonds is 11. The fourth-order valence-electron chi connectivity index (χ4n) is 4.10. The SMILES string of the molecule is CCc1cccc(CN(C[C@@H](O)[C@@H](N)Cc2cc(F)cc(F)c2)C(=O)CNC(=O)c2ccc(C(F)(F)F)cc2)c1. The molecule has 6 nitrogen and oxygen atoms in total. The predicted octanol–water partition coefficient (Wildman–Crippen LogP) is 4.24. The Hall–Kier alpha value is -3.83. The van der Waals surface area contributed by atoms with Gasteiger partial charge in [0.2, 0.25) is 5.91 Å². The van der Waals surface area contributed by atoms with Crippen LogP contribution in [0.4, 0.5) is 22.0 Å². The van der Waals surface area contributed by atoms with Crippen LogP contribution in [-0.4, -0.2) is 47.1 Å². The van der Waals surface area contributed by atoms with E-state index in [1.807, 2.05) is 25.1 Å². The first kappa shape index (κ1) is 30.7. The minimum Gasteiger partial charge on any atom is -0.390 e. The summed E-state index contributed by atoms with van der Waals surface area (Å²) in [5, 5.41) is 13.2. The third-order valence-electron chi connectivity index (χ3n) is 6.30. The molecule has 0 spiro atoms. The van der Waals surface area contributed by atoms with Gasteiger partial charge in [-0.05, 0) is 65.9 Å². The molecule has 0 aliphatic rings. The zero-order valence-electron chi connectivity index (χ0n) is 21.7. The average Bonchev–Trinajstić information content (AvgIpc) is 2.90. The summed E-state index contributed by atoms with van der Waals surface area (Å²) >= 11 is 0. The molecule has 4 N–H and O–H groups in total. The summed E-state index contributed by atoms with van der Waals surface area (Å²) in [4.78, 5) is 26.9. The Labute approximate surface area is 228 Å². The second kappa shape index (κ2) is 13.5. The Morgan fingerprint density at radius 1 is 0.950 bits per heavy atom. The molecule has 0 bridgehead atoms. The van der Waals surface area contributed by atoms with Gasteiger partial charge in [-0.15, -0.1) is 0 Å². The molecule has 0 saturated heterocycles. The highest BCUT2D eigenvalue weighted by Gasteiger charge is 2.30. The van der Waals surface area contributed by atoms with Gasteiger partial charge in [-0.1, -0.05) is 31.2 Å². The van der Waals surface area contributed by atoms with Crippen molar-refractivity contribution in [3.05, 3.63) is 106 Å². The van der Waals surface area contributed by atoms with E-state index < -0.39 is 53.9 Å². The van der Waals surface area contributed by atoms with Gasteiger partial charge in [-0.25, -0.2) is 8.78 Å². The monoisotopic (exact) mass is 563 g/mol. The maximum atomic E-state index is 13.6. The fourth-order valence-corrected chi connectivity index (χ4v) is 4.10. The van der Waals surface area contributed by atoms with Gasteiger partial charge in [0.05, 0.1) is 18.2 Å². The van der Waals surface area contributed by atoms with E-state index >= 15 is 0 Å². The number of carbonyl (C=O) groups excluding carboxylic acids is 2. The Morgan fingerprint density at radius 3 is 2.17 bits per heavy atom. The quantitative estimate of drug-likeness (QED) is 0.304. The van der Waals surface area contributed by atoms with Gasteiger partial charge in [-0.3, -0.25) is 9.59 Å². The van der Waals surface area contributed by atoms with Crippen LogP contribution in [0.1, 0.15) is 39.5 Å². The maximum absolute atomic E-state index is 13.6. The first-order valence-electron chi connectivity index (χ1n) is 12.6. The van der Waals surface area contributed by atoms with Gasteiger partial charge < -0.3 is 21.1 Å². The van der Waals surface area contributed by atoms with E-state index in [2.05, 4.69) is 5.32 Å². The highest BCUT2D eigenvalue weighted by atomic mass is 19.4. The lowest BCUT2D eigenvalue weighted by molar-refractivity contribution is -0.137. The molecule has 0 aliphatic carbocycles. The molecule has 0 aliphatic heterocycles. The van der Waals surface area contributed by atoms with E-state index in [-0.39, 0.29) is 30.6 Å². The van der Waals surface area contributed by atoms with Crippen molar-refractivity contribution in [2.45, 2.75) is 44.6 Å².